The van der Waals surface area contributed by atoms with Crippen LogP contribution in [0.5, 0.6) is 0 Å². The van der Waals surface area contributed by atoms with E-state index in [1.54, 1.807) is 0 Å². The lowest BCUT2D eigenvalue weighted by molar-refractivity contribution is -0.112. The Morgan fingerprint density at radius 1 is 1.33 bits per heavy atom. The van der Waals surface area contributed by atoms with Crippen LogP contribution in [0.25, 0.3) is 0 Å². The Morgan fingerprint density at radius 3 is 2.53 bits per heavy atom. The quantitative estimate of drug-likeness (QED) is 0.465. The molecule has 0 unspecified atom stereocenters. The number of hydrogen-bond acceptors (Lipinski definition) is 6. The van der Waals surface area contributed by atoms with Crippen LogP contribution in [-0.4, -0.2) is 54.3 Å². The first-order chi connectivity index (χ1) is 7.24. The number of thioether (sulfide) groups is 1. The molecule has 0 saturated carbocycles. The molecule has 0 bridgehead atoms. The van der Waals surface area contributed by atoms with Gasteiger partial charge in [-0.3, -0.25) is 9.69 Å². The molecule has 0 aromatic heterocycles. The summed E-state index contributed by atoms with van der Waals surface area (Å²) in [4.78, 5) is 13.4. The normalized spacial score (nSPS) is 10.9. The second-order valence-corrected chi connectivity index (χ2v) is 3.73. The molecule has 6 heteroatoms. The Morgan fingerprint density at radius 2 is 2.00 bits per heavy atom. The maximum atomic E-state index is 11.4. The number of nitrogens with zero attached hydrogens (tertiary/aromatic N) is 1. The average molecular weight is 237 g/mol. The number of carbonyl (C=O) groups is 1. The van der Waals surface area contributed by atoms with Crippen molar-refractivity contribution in [2.75, 3.05) is 39.2 Å². The molecule has 15 heavy (non-hydrogen) atoms. The second kappa shape index (κ2) is 10.4. The van der Waals surface area contributed by atoms with E-state index in [-0.39, 0.29) is 24.6 Å². The Balaban J connectivity index is 3.40. The molecule has 0 aliphatic heterocycles. The molecular weight excluding hydrogens is 218 g/mol. The van der Waals surface area contributed by atoms with Gasteiger partial charge in [0, 0.05) is 0 Å². The first-order valence-electron chi connectivity index (χ1n) is 4.88. The van der Waals surface area contributed by atoms with E-state index in [4.69, 9.17) is 9.84 Å². The summed E-state index contributed by atoms with van der Waals surface area (Å²) in [6.45, 7) is 5.89. The minimum absolute atomic E-state index is 0.0159. The zero-order valence-corrected chi connectivity index (χ0v) is 10.1. The highest BCUT2D eigenvalue weighted by Crippen LogP contribution is 2.04. The van der Waals surface area contributed by atoms with Crippen LogP contribution < -0.4 is 0 Å². The number of rotatable bonds is 9. The molecule has 0 spiro atoms. The number of carbonyl (C=O) groups excluding carboxylic acids is 1. The Kier molecular flexibility index (Phi) is 10.3. The molecule has 0 amide bonds. The van der Waals surface area contributed by atoms with Crippen LogP contribution in [-0.2, 0) is 14.3 Å². The van der Waals surface area contributed by atoms with Gasteiger partial charge in [0.2, 0.25) is 5.12 Å². The second-order valence-electron chi connectivity index (χ2n) is 2.75. The van der Waals surface area contributed by atoms with Gasteiger partial charge in [-0.25, -0.2) is 0 Å². The zero-order chi connectivity index (χ0) is 11.5. The van der Waals surface area contributed by atoms with E-state index in [0.717, 1.165) is 24.9 Å². The molecule has 90 valence electrons. The molecule has 0 rings (SSSR count). The van der Waals surface area contributed by atoms with Crippen molar-refractivity contribution in [3.05, 3.63) is 0 Å². The minimum atomic E-state index is -0.363. The van der Waals surface area contributed by atoms with Crippen LogP contribution in [0.4, 0.5) is 0 Å². The van der Waals surface area contributed by atoms with Gasteiger partial charge in [0.25, 0.3) is 0 Å². The van der Waals surface area contributed by atoms with Gasteiger partial charge >= 0.3 is 0 Å². The van der Waals surface area contributed by atoms with Crippen molar-refractivity contribution in [1.82, 2.24) is 4.90 Å². The summed E-state index contributed by atoms with van der Waals surface area (Å²) in [7, 11) is 0. The summed E-state index contributed by atoms with van der Waals surface area (Å²) < 4.78 is 9.47. The van der Waals surface area contributed by atoms with Crippen molar-refractivity contribution in [1.29, 1.82) is 0 Å². The maximum Gasteiger partial charge on any atom is 0.205 e. The van der Waals surface area contributed by atoms with E-state index in [1.165, 1.54) is 0 Å². The number of aliphatic hydroxyl groups is 1. The van der Waals surface area contributed by atoms with Crippen molar-refractivity contribution in [2.45, 2.75) is 13.8 Å². The lowest BCUT2D eigenvalue weighted by Crippen LogP contribution is -2.28. The summed E-state index contributed by atoms with van der Waals surface area (Å²) >= 11 is 1.12. The van der Waals surface area contributed by atoms with E-state index in [9.17, 15) is 4.79 Å². The Hall–Kier alpha value is -0.140. The third-order valence-corrected chi connectivity index (χ3v) is 2.54. The third-order valence-electron chi connectivity index (χ3n) is 1.81. The van der Waals surface area contributed by atoms with E-state index >= 15 is 0 Å². The predicted octanol–water partition coefficient (Wildman–Crippen LogP) is 0.486. The SMILES string of the molecule is CCN(CC)CC(=O)SCOCOCO. The highest BCUT2D eigenvalue weighted by atomic mass is 32.2. The van der Waals surface area contributed by atoms with E-state index < -0.39 is 0 Å². The number of hydrogen-bond donors (Lipinski definition) is 1. The van der Waals surface area contributed by atoms with Crippen molar-refractivity contribution >= 4 is 16.9 Å². The smallest absolute Gasteiger partial charge is 0.205 e. The van der Waals surface area contributed by atoms with E-state index in [0.29, 0.717) is 6.54 Å². The fraction of sp³-hybridized carbons (Fsp3) is 0.889. The molecule has 5 nitrogen and oxygen atoms in total. The van der Waals surface area contributed by atoms with Crippen molar-refractivity contribution in [2.24, 2.45) is 0 Å². The number of aliphatic hydroxyl groups excluding tert-OH is 1. The Bertz CT molecular complexity index is 164. The fourth-order valence-electron chi connectivity index (χ4n) is 0.913. The predicted molar refractivity (Wildman–Crippen MR) is 59.4 cm³/mol. The lowest BCUT2D eigenvalue weighted by atomic mass is 10.5. The molecule has 0 fully saturated rings. The molecular formula is C9H19NO4S. The molecule has 1 N–H and O–H groups in total. The van der Waals surface area contributed by atoms with Crippen LogP contribution in [0, 0.1) is 0 Å². The summed E-state index contributed by atoms with van der Waals surface area (Å²) in [6.07, 6.45) is 0. The molecule has 0 radical (unpaired) electrons. The first kappa shape index (κ1) is 14.9. The van der Waals surface area contributed by atoms with E-state index in [2.05, 4.69) is 4.74 Å². The zero-order valence-electron chi connectivity index (χ0n) is 9.27. The molecule has 0 aromatic rings. The lowest BCUT2D eigenvalue weighted by Gasteiger charge is -2.16. The van der Waals surface area contributed by atoms with Crippen LogP contribution in [0.3, 0.4) is 0 Å². The first-order valence-corrected chi connectivity index (χ1v) is 5.87. The summed E-state index contributed by atoms with van der Waals surface area (Å²) in [5.74, 6) is 0.264. The van der Waals surface area contributed by atoms with Gasteiger partial charge in [-0.05, 0) is 13.1 Å². The standard InChI is InChI=1S/C9H19NO4S/c1-3-10(4-2)5-9(12)15-8-14-7-13-6-11/h11H,3-8H2,1-2H3. The van der Waals surface area contributed by atoms with Gasteiger partial charge < -0.3 is 14.6 Å². The summed E-state index contributed by atoms with van der Waals surface area (Å²) in [6, 6.07) is 0. The van der Waals surface area contributed by atoms with Crippen molar-refractivity contribution in [3.8, 4) is 0 Å². The Labute approximate surface area is 94.7 Å². The summed E-state index contributed by atoms with van der Waals surface area (Å²) in [5.41, 5.74) is 0. The average Bonchev–Trinajstić information content (AvgIpc) is 2.25. The molecule has 0 atom stereocenters. The highest BCUT2D eigenvalue weighted by Gasteiger charge is 2.07. The largest absolute Gasteiger partial charge is 0.371 e. The highest BCUT2D eigenvalue weighted by molar-refractivity contribution is 8.13. The van der Waals surface area contributed by atoms with Gasteiger partial charge in [-0.1, -0.05) is 25.6 Å². The fourth-order valence-corrected chi connectivity index (χ4v) is 1.47. The van der Waals surface area contributed by atoms with Gasteiger partial charge in [0.1, 0.15) is 12.7 Å². The maximum absolute atomic E-state index is 11.4. The van der Waals surface area contributed by atoms with Crippen molar-refractivity contribution < 1.29 is 19.4 Å². The van der Waals surface area contributed by atoms with E-state index in [1.807, 2.05) is 18.7 Å². The van der Waals surface area contributed by atoms with Crippen LogP contribution in [0.15, 0.2) is 0 Å². The van der Waals surface area contributed by atoms with Crippen molar-refractivity contribution in [3.63, 3.8) is 0 Å². The van der Waals surface area contributed by atoms with Gasteiger partial charge in [-0.15, -0.1) is 0 Å². The van der Waals surface area contributed by atoms with Crippen LogP contribution >= 0.6 is 11.8 Å². The molecule has 0 aliphatic rings. The molecule has 0 saturated heterocycles. The molecule has 0 heterocycles. The van der Waals surface area contributed by atoms with Crippen LogP contribution in [0.1, 0.15) is 13.8 Å². The minimum Gasteiger partial charge on any atom is -0.371 e. The van der Waals surface area contributed by atoms with Gasteiger partial charge in [0.15, 0.2) is 6.79 Å². The third kappa shape index (κ3) is 8.83. The summed E-state index contributed by atoms with van der Waals surface area (Å²) in [5, 5.41) is 8.36. The topological polar surface area (TPSA) is 59.0 Å². The monoisotopic (exact) mass is 237 g/mol. The van der Waals surface area contributed by atoms with Gasteiger partial charge in [-0.2, -0.15) is 0 Å². The molecule has 0 aliphatic carbocycles. The number of ether oxygens (including phenoxy) is 2. The number of likely N-dealkylation sites (N-methyl/N-ethyl adjacent to an activating group) is 1. The molecule has 0 aromatic carbocycles. The van der Waals surface area contributed by atoms with Crippen LogP contribution in [0.2, 0.25) is 0 Å². The van der Waals surface area contributed by atoms with Gasteiger partial charge in [0.05, 0.1) is 6.54 Å².